The molecule has 1 aromatic carbocycles. The topological polar surface area (TPSA) is 49.3 Å². The minimum atomic E-state index is -4.34. The Balaban J connectivity index is 2.00. The van der Waals surface area contributed by atoms with E-state index in [0.29, 0.717) is 18.4 Å². The molecule has 1 amide bonds. The van der Waals surface area contributed by atoms with E-state index in [1.807, 2.05) is 0 Å². The molecule has 0 aliphatic heterocycles. The van der Waals surface area contributed by atoms with Gasteiger partial charge in [0.05, 0.1) is 5.92 Å². The van der Waals surface area contributed by atoms with Crippen LogP contribution in [0.4, 0.5) is 13.2 Å². The van der Waals surface area contributed by atoms with Crippen LogP contribution in [-0.4, -0.2) is 17.2 Å². The zero-order valence-electron chi connectivity index (χ0n) is 11.5. The summed E-state index contributed by atoms with van der Waals surface area (Å²) in [7, 11) is 0. The molecule has 1 saturated carbocycles. The van der Waals surface area contributed by atoms with Crippen LogP contribution in [0.3, 0.4) is 0 Å². The molecule has 2 rings (SSSR count). The smallest absolute Gasteiger partial charge is 0.392 e. The standard InChI is InChI=1S/C15H18F3NO2/c16-15(17,18)12-7-3-2-6-11(12)14(21)19-9-10-5-1-4-8-13(10)20/h1,4-5,8,11-12,20H,2-3,6-7,9H2,(H,19,21). The molecule has 0 bridgehead atoms. The molecule has 2 unspecified atom stereocenters. The molecule has 0 aromatic heterocycles. The predicted molar refractivity (Wildman–Crippen MR) is 71.5 cm³/mol. The van der Waals surface area contributed by atoms with Crippen molar-refractivity contribution in [3.8, 4) is 5.75 Å². The molecular formula is C15H18F3NO2. The molecule has 2 atom stereocenters. The Morgan fingerprint density at radius 1 is 1.24 bits per heavy atom. The van der Waals surface area contributed by atoms with Crippen LogP contribution in [0.15, 0.2) is 24.3 Å². The van der Waals surface area contributed by atoms with Gasteiger partial charge in [-0.2, -0.15) is 13.2 Å². The van der Waals surface area contributed by atoms with Gasteiger partial charge in [0.2, 0.25) is 5.91 Å². The third-order valence-corrected chi connectivity index (χ3v) is 3.97. The maximum absolute atomic E-state index is 13.0. The molecule has 1 fully saturated rings. The van der Waals surface area contributed by atoms with E-state index in [-0.39, 0.29) is 25.1 Å². The third kappa shape index (κ3) is 3.89. The summed E-state index contributed by atoms with van der Waals surface area (Å²) >= 11 is 0. The lowest BCUT2D eigenvalue weighted by molar-refractivity contribution is -0.198. The molecule has 3 nitrogen and oxygen atoms in total. The number of phenols is 1. The molecule has 0 spiro atoms. The molecule has 0 radical (unpaired) electrons. The lowest BCUT2D eigenvalue weighted by Gasteiger charge is -2.32. The summed E-state index contributed by atoms with van der Waals surface area (Å²) in [6.45, 7) is 0.0343. The Labute approximate surface area is 121 Å². The zero-order chi connectivity index (χ0) is 15.5. The number of nitrogens with one attached hydrogen (secondary N) is 1. The van der Waals surface area contributed by atoms with Crippen molar-refractivity contribution in [1.82, 2.24) is 5.32 Å². The van der Waals surface area contributed by atoms with Gasteiger partial charge < -0.3 is 10.4 Å². The number of hydrogen-bond donors (Lipinski definition) is 2. The Hall–Kier alpha value is -1.72. The van der Waals surface area contributed by atoms with Crippen molar-refractivity contribution in [1.29, 1.82) is 0 Å². The maximum atomic E-state index is 13.0. The fourth-order valence-electron chi connectivity index (χ4n) is 2.81. The van der Waals surface area contributed by atoms with Gasteiger partial charge in [-0.3, -0.25) is 4.79 Å². The van der Waals surface area contributed by atoms with Crippen molar-refractivity contribution >= 4 is 5.91 Å². The largest absolute Gasteiger partial charge is 0.508 e. The highest BCUT2D eigenvalue weighted by molar-refractivity contribution is 5.79. The molecule has 1 aromatic rings. The molecule has 1 aliphatic rings. The number of benzene rings is 1. The average Bonchev–Trinajstić information content (AvgIpc) is 2.45. The summed E-state index contributed by atoms with van der Waals surface area (Å²) in [6, 6.07) is 6.43. The van der Waals surface area contributed by atoms with Crippen molar-refractivity contribution in [3.63, 3.8) is 0 Å². The first-order chi connectivity index (χ1) is 9.89. The van der Waals surface area contributed by atoms with E-state index >= 15 is 0 Å². The summed E-state index contributed by atoms with van der Waals surface area (Å²) in [5, 5.41) is 12.1. The second-order valence-corrected chi connectivity index (χ2v) is 5.39. The van der Waals surface area contributed by atoms with Gasteiger partial charge in [-0.25, -0.2) is 0 Å². The molecule has 1 aliphatic carbocycles. The van der Waals surface area contributed by atoms with Crippen molar-refractivity contribution in [2.24, 2.45) is 11.8 Å². The van der Waals surface area contributed by atoms with Crippen LogP contribution < -0.4 is 5.32 Å². The Bertz CT molecular complexity index is 502. The van der Waals surface area contributed by atoms with Crippen LogP contribution >= 0.6 is 0 Å². The highest BCUT2D eigenvalue weighted by Gasteiger charge is 2.47. The highest BCUT2D eigenvalue weighted by atomic mass is 19.4. The van der Waals surface area contributed by atoms with Crippen LogP contribution in [0, 0.1) is 11.8 Å². The fourth-order valence-corrected chi connectivity index (χ4v) is 2.81. The van der Waals surface area contributed by atoms with Crippen molar-refractivity contribution in [3.05, 3.63) is 29.8 Å². The number of carbonyl (C=O) groups excluding carboxylic acids is 1. The van der Waals surface area contributed by atoms with Crippen LogP contribution in [0.5, 0.6) is 5.75 Å². The number of phenolic OH excluding ortho intramolecular Hbond substituents is 1. The van der Waals surface area contributed by atoms with Gasteiger partial charge in [-0.05, 0) is 18.9 Å². The second-order valence-electron chi connectivity index (χ2n) is 5.39. The number of halogens is 3. The molecule has 2 N–H and O–H groups in total. The molecule has 116 valence electrons. The first kappa shape index (κ1) is 15.7. The van der Waals surface area contributed by atoms with E-state index in [9.17, 15) is 23.1 Å². The van der Waals surface area contributed by atoms with Crippen LogP contribution in [-0.2, 0) is 11.3 Å². The normalized spacial score (nSPS) is 22.8. The summed E-state index contributed by atoms with van der Waals surface area (Å²) in [5.74, 6) is -3.14. The lowest BCUT2D eigenvalue weighted by Crippen LogP contribution is -2.42. The number of alkyl halides is 3. The Kier molecular flexibility index (Phi) is 4.75. The minimum Gasteiger partial charge on any atom is -0.508 e. The van der Waals surface area contributed by atoms with Crippen LogP contribution in [0.2, 0.25) is 0 Å². The highest BCUT2D eigenvalue weighted by Crippen LogP contribution is 2.41. The first-order valence-electron chi connectivity index (χ1n) is 7.01. The van der Waals surface area contributed by atoms with E-state index < -0.39 is 23.9 Å². The number of rotatable bonds is 3. The minimum absolute atomic E-state index is 0.0121. The van der Waals surface area contributed by atoms with E-state index in [1.54, 1.807) is 18.2 Å². The first-order valence-corrected chi connectivity index (χ1v) is 7.01. The van der Waals surface area contributed by atoms with Crippen molar-refractivity contribution in [2.45, 2.75) is 38.4 Å². The van der Waals surface area contributed by atoms with Gasteiger partial charge in [0.1, 0.15) is 5.75 Å². The monoisotopic (exact) mass is 301 g/mol. The summed E-state index contributed by atoms with van der Waals surface area (Å²) < 4.78 is 38.9. The third-order valence-electron chi connectivity index (χ3n) is 3.97. The average molecular weight is 301 g/mol. The quantitative estimate of drug-likeness (QED) is 0.899. The lowest BCUT2D eigenvalue weighted by atomic mass is 9.78. The molecular weight excluding hydrogens is 283 g/mol. The van der Waals surface area contributed by atoms with Gasteiger partial charge in [0.15, 0.2) is 0 Å². The van der Waals surface area contributed by atoms with E-state index in [0.717, 1.165) is 0 Å². The van der Waals surface area contributed by atoms with Crippen molar-refractivity contribution in [2.75, 3.05) is 0 Å². The molecule has 0 heterocycles. The Morgan fingerprint density at radius 2 is 1.90 bits per heavy atom. The zero-order valence-corrected chi connectivity index (χ0v) is 11.5. The number of para-hydroxylation sites is 1. The van der Waals surface area contributed by atoms with Gasteiger partial charge in [-0.1, -0.05) is 31.0 Å². The van der Waals surface area contributed by atoms with Gasteiger partial charge in [0, 0.05) is 18.0 Å². The SMILES string of the molecule is O=C(NCc1ccccc1O)C1CCCCC1C(F)(F)F. The van der Waals surface area contributed by atoms with Crippen LogP contribution in [0.1, 0.15) is 31.2 Å². The van der Waals surface area contributed by atoms with E-state index in [2.05, 4.69) is 5.32 Å². The molecule has 0 saturated heterocycles. The van der Waals surface area contributed by atoms with Gasteiger partial charge in [-0.15, -0.1) is 0 Å². The number of amides is 1. The number of carbonyl (C=O) groups is 1. The van der Waals surface area contributed by atoms with Crippen molar-refractivity contribution < 1.29 is 23.1 Å². The summed E-state index contributed by atoms with van der Waals surface area (Å²) in [5.41, 5.74) is 0.491. The predicted octanol–water partition coefficient (Wildman–Crippen LogP) is 3.38. The molecule has 21 heavy (non-hydrogen) atoms. The second kappa shape index (κ2) is 6.37. The van der Waals surface area contributed by atoms with E-state index in [4.69, 9.17) is 0 Å². The number of hydrogen-bond acceptors (Lipinski definition) is 2. The summed E-state index contributed by atoms with van der Waals surface area (Å²) in [4.78, 5) is 12.0. The maximum Gasteiger partial charge on any atom is 0.392 e. The van der Waals surface area contributed by atoms with Gasteiger partial charge >= 0.3 is 6.18 Å². The number of aromatic hydroxyl groups is 1. The Morgan fingerprint density at radius 3 is 2.57 bits per heavy atom. The van der Waals surface area contributed by atoms with Gasteiger partial charge in [0.25, 0.3) is 0 Å². The van der Waals surface area contributed by atoms with Crippen LogP contribution in [0.25, 0.3) is 0 Å². The van der Waals surface area contributed by atoms with E-state index in [1.165, 1.54) is 6.07 Å². The molecule has 6 heteroatoms. The summed E-state index contributed by atoms with van der Waals surface area (Å²) in [6.07, 6.45) is -2.92. The fraction of sp³-hybridized carbons (Fsp3) is 0.533.